The third kappa shape index (κ3) is 1.71. The van der Waals surface area contributed by atoms with Gasteiger partial charge in [-0.25, -0.2) is 0 Å². The lowest BCUT2D eigenvalue weighted by molar-refractivity contribution is 0.457. The number of rotatable bonds is 1. The van der Waals surface area contributed by atoms with Crippen LogP contribution in [0.3, 0.4) is 0 Å². The summed E-state index contributed by atoms with van der Waals surface area (Å²) in [5.74, 6) is 0.901. The average molecular weight is 262 g/mol. The van der Waals surface area contributed by atoms with Gasteiger partial charge in [0.05, 0.1) is 0 Å². The molecule has 11 heavy (non-hydrogen) atoms. The van der Waals surface area contributed by atoms with Crippen molar-refractivity contribution in [2.24, 2.45) is 0 Å². The Morgan fingerprint density at radius 1 is 1.64 bits per heavy atom. The molecule has 1 rings (SSSR count). The van der Waals surface area contributed by atoms with Crippen molar-refractivity contribution in [2.75, 3.05) is 0 Å². The summed E-state index contributed by atoms with van der Waals surface area (Å²) in [6, 6.07) is 1.99. The van der Waals surface area contributed by atoms with E-state index in [4.69, 9.17) is 9.68 Å². The van der Waals surface area contributed by atoms with Crippen LogP contribution in [0.1, 0.15) is 31.2 Å². The van der Waals surface area contributed by atoms with Crippen LogP contribution in [0.25, 0.3) is 0 Å². The first-order chi connectivity index (χ1) is 5.15. The van der Waals surface area contributed by atoms with Crippen molar-refractivity contribution in [3.05, 3.63) is 15.4 Å². The topological polar surface area (TPSA) is 49.8 Å². The molecule has 1 heterocycles. The lowest BCUT2D eigenvalue weighted by Crippen LogP contribution is -1.87. The zero-order chi connectivity index (χ0) is 8.43. The van der Waals surface area contributed by atoms with E-state index in [1.807, 2.05) is 42.5 Å². The molecular formula is C7H7IN2O. The summed E-state index contributed by atoms with van der Waals surface area (Å²) in [5.41, 5.74) is 0.407. The van der Waals surface area contributed by atoms with Crippen molar-refractivity contribution < 1.29 is 4.42 Å². The molecule has 1 aromatic rings. The van der Waals surface area contributed by atoms with E-state index >= 15 is 0 Å². The zero-order valence-corrected chi connectivity index (χ0v) is 8.42. The first-order valence-corrected chi connectivity index (χ1v) is 4.29. The van der Waals surface area contributed by atoms with Crippen LogP contribution in [0.2, 0.25) is 0 Å². The number of aromatic nitrogens is 1. The van der Waals surface area contributed by atoms with Gasteiger partial charge in [0, 0.05) is 28.5 Å². The molecule has 0 radical (unpaired) electrons. The summed E-state index contributed by atoms with van der Waals surface area (Å²) in [5, 5.41) is 8.60. The van der Waals surface area contributed by atoms with Gasteiger partial charge >= 0.3 is 0 Å². The van der Waals surface area contributed by atoms with E-state index in [0.29, 0.717) is 15.4 Å². The molecule has 0 N–H and O–H groups in total. The number of hydrogen-bond donors (Lipinski definition) is 0. The zero-order valence-electron chi connectivity index (χ0n) is 6.26. The quantitative estimate of drug-likeness (QED) is 0.729. The van der Waals surface area contributed by atoms with Crippen molar-refractivity contribution in [1.29, 1.82) is 5.26 Å². The second-order valence-corrected chi connectivity index (χ2v) is 3.37. The van der Waals surface area contributed by atoms with Crippen LogP contribution >= 0.6 is 22.6 Å². The fourth-order valence-corrected chi connectivity index (χ4v) is 1.25. The SMILES string of the molecule is CC(C)c1oc(I)nc1C#N. The Bertz CT molecular complexity index is 298. The Labute approximate surface area is 78.6 Å². The predicted molar refractivity (Wildman–Crippen MR) is 48.0 cm³/mol. The smallest absolute Gasteiger partial charge is 0.258 e. The number of hydrogen-bond acceptors (Lipinski definition) is 3. The minimum absolute atomic E-state index is 0.223. The first-order valence-electron chi connectivity index (χ1n) is 3.21. The Morgan fingerprint density at radius 3 is 2.64 bits per heavy atom. The van der Waals surface area contributed by atoms with Crippen LogP contribution in [-0.2, 0) is 0 Å². The number of nitriles is 1. The van der Waals surface area contributed by atoms with Gasteiger partial charge in [-0.05, 0) is 0 Å². The van der Waals surface area contributed by atoms with Gasteiger partial charge in [-0.3, -0.25) is 0 Å². The van der Waals surface area contributed by atoms with E-state index in [1.165, 1.54) is 0 Å². The molecule has 0 saturated heterocycles. The van der Waals surface area contributed by atoms with Crippen LogP contribution in [0.15, 0.2) is 4.42 Å². The third-order valence-electron chi connectivity index (χ3n) is 1.26. The standard InChI is InChI=1S/C7H7IN2O/c1-4(2)6-5(3-9)10-7(8)11-6/h4H,1-2H3. The summed E-state index contributed by atoms with van der Waals surface area (Å²) < 4.78 is 5.75. The van der Waals surface area contributed by atoms with Gasteiger partial charge < -0.3 is 4.42 Å². The highest BCUT2D eigenvalue weighted by molar-refractivity contribution is 14.1. The third-order valence-corrected chi connectivity index (χ3v) is 1.72. The second kappa shape index (κ2) is 3.22. The number of nitrogens with zero attached hydrogens (tertiary/aromatic N) is 2. The number of oxazole rings is 1. The van der Waals surface area contributed by atoms with E-state index in [1.54, 1.807) is 0 Å². The van der Waals surface area contributed by atoms with Gasteiger partial charge in [-0.2, -0.15) is 10.2 Å². The largest absolute Gasteiger partial charge is 0.435 e. The molecule has 0 atom stereocenters. The van der Waals surface area contributed by atoms with Crippen LogP contribution in [0.5, 0.6) is 0 Å². The van der Waals surface area contributed by atoms with Gasteiger partial charge in [0.15, 0.2) is 5.69 Å². The molecule has 0 saturated carbocycles. The van der Waals surface area contributed by atoms with E-state index in [0.717, 1.165) is 0 Å². The summed E-state index contributed by atoms with van der Waals surface area (Å²) in [4.78, 5) is 3.91. The highest BCUT2D eigenvalue weighted by Crippen LogP contribution is 2.20. The van der Waals surface area contributed by atoms with Crippen molar-refractivity contribution in [1.82, 2.24) is 4.98 Å². The molecule has 1 aromatic heterocycles. The van der Waals surface area contributed by atoms with Gasteiger partial charge in [0.1, 0.15) is 11.8 Å². The van der Waals surface area contributed by atoms with Crippen molar-refractivity contribution >= 4 is 22.6 Å². The fraction of sp³-hybridized carbons (Fsp3) is 0.429. The molecule has 0 fully saturated rings. The Balaban J connectivity index is 3.15. The second-order valence-electron chi connectivity index (χ2n) is 2.45. The van der Waals surface area contributed by atoms with Crippen molar-refractivity contribution in [3.8, 4) is 6.07 Å². The summed E-state index contributed by atoms with van der Waals surface area (Å²) in [6.45, 7) is 3.94. The fourth-order valence-electron chi connectivity index (χ4n) is 0.776. The molecule has 0 unspecified atom stereocenters. The van der Waals surface area contributed by atoms with Crippen molar-refractivity contribution in [3.63, 3.8) is 0 Å². The normalized spacial score (nSPS) is 10.1. The lowest BCUT2D eigenvalue weighted by atomic mass is 10.1. The predicted octanol–water partition coefficient (Wildman–Crippen LogP) is 2.27. The number of halogens is 1. The molecule has 0 bridgehead atoms. The molecule has 0 spiro atoms. The van der Waals surface area contributed by atoms with Gasteiger partial charge in [0.2, 0.25) is 0 Å². The van der Waals surface area contributed by atoms with Crippen LogP contribution in [0, 0.1) is 15.2 Å². The average Bonchev–Trinajstić information content (AvgIpc) is 2.30. The monoisotopic (exact) mass is 262 g/mol. The molecule has 4 heteroatoms. The van der Waals surface area contributed by atoms with Gasteiger partial charge in [0.25, 0.3) is 3.90 Å². The van der Waals surface area contributed by atoms with Gasteiger partial charge in [-0.1, -0.05) is 13.8 Å². The maximum atomic E-state index is 8.60. The van der Waals surface area contributed by atoms with E-state index < -0.39 is 0 Å². The molecule has 0 aromatic carbocycles. The highest BCUT2D eigenvalue weighted by Gasteiger charge is 2.13. The molecule has 58 valence electrons. The van der Waals surface area contributed by atoms with Crippen molar-refractivity contribution in [2.45, 2.75) is 19.8 Å². The first kappa shape index (κ1) is 8.53. The summed E-state index contributed by atoms with van der Waals surface area (Å²) >= 11 is 1.95. The summed E-state index contributed by atoms with van der Waals surface area (Å²) in [6.07, 6.45) is 0. The Hall–Kier alpha value is -0.570. The molecule has 0 aliphatic carbocycles. The molecule has 0 aliphatic rings. The minimum Gasteiger partial charge on any atom is -0.435 e. The van der Waals surface area contributed by atoms with E-state index in [-0.39, 0.29) is 5.92 Å². The Kier molecular flexibility index (Phi) is 2.49. The molecule has 0 aliphatic heterocycles. The Morgan fingerprint density at radius 2 is 2.27 bits per heavy atom. The van der Waals surface area contributed by atoms with Crippen LogP contribution in [0.4, 0.5) is 0 Å². The van der Waals surface area contributed by atoms with E-state index in [9.17, 15) is 0 Å². The van der Waals surface area contributed by atoms with Crippen LogP contribution in [-0.4, -0.2) is 4.98 Å². The summed E-state index contributed by atoms with van der Waals surface area (Å²) in [7, 11) is 0. The lowest BCUT2D eigenvalue weighted by Gasteiger charge is -1.96. The van der Waals surface area contributed by atoms with Crippen LogP contribution < -0.4 is 0 Å². The van der Waals surface area contributed by atoms with E-state index in [2.05, 4.69) is 4.98 Å². The van der Waals surface area contributed by atoms with Gasteiger partial charge in [-0.15, -0.1) is 0 Å². The maximum Gasteiger partial charge on any atom is 0.258 e. The highest BCUT2D eigenvalue weighted by atomic mass is 127. The minimum atomic E-state index is 0.223. The maximum absolute atomic E-state index is 8.60. The molecular weight excluding hydrogens is 255 g/mol. The molecule has 3 nitrogen and oxygen atoms in total. The molecule has 0 amide bonds.